The molecule has 88 valence electrons. The predicted octanol–water partition coefficient (Wildman–Crippen LogP) is 5.04. The van der Waals surface area contributed by atoms with Crippen LogP contribution < -0.4 is 0 Å². The van der Waals surface area contributed by atoms with Crippen molar-refractivity contribution in [2.45, 2.75) is 12.2 Å². The SMILES string of the molecule is FC(F)=C(F)CCSCc1ccc(Cl)cc1. The Morgan fingerprint density at radius 1 is 1.12 bits per heavy atom. The molecule has 0 nitrogen and oxygen atoms in total. The topological polar surface area (TPSA) is 0 Å². The molecule has 0 fully saturated rings. The molecule has 0 aliphatic carbocycles. The van der Waals surface area contributed by atoms with Crippen molar-refractivity contribution >= 4 is 23.4 Å². The van der Waals surface area contributed by atoms with Crippen LogP contribution in [0.25, 0.3) is 0 Å². The van der Waals surface area contributed by atoms with Crippen molar-refractivity contribution in [2.75, 3.05) is 5.75 Å². The van der Waals surface area contributed by atoms with Crippen LogP contribution in [0.4, 0.5) is 13.2 Å². The Hall–Kier alpha value is -0.610. The zero-order chi connectivity index (χ0) is 12.0. The zero-order valence-corrected chi connectivity index (χ0v) is 9.92. The summed E-state index contributed by atoms with van der Waals surface area (Å²) in [4.78, 5) is 0. The first-order valence-electron chi connectivity index (χ1n) is 4.61. The number of hydrogen-bond acceptors (Lipinski definition) is 1. The standard InChI is InChI=1S/C11H10ClF3S/c12-9-3-1-8(2-4-9)7-16-6-5-10(13)11(14)15/h1-4H,5-7H2. The molecule has 0 spiro atoms. The van der Waals surface area contributed by atoms with Gasteiger partial charge in [-0.2, -0.15) is 20.5 Å². The largest absolute Gasteiger partial charge is 0.301 e. The second-order valence-corrected chi connectivity index (χ2v) is 4.64. The number of thioether (sulfide) groups is 1. The Bertz CT molecular complexity index is 358. The highest BCUT2D eigenvalue weighted by atomic mass is 35.5. The van der Waals surface area contributed by atoms with Crippen LogP contribution in [-0.4, -0.2) is 5.75 Å². The average Bonchev–Trinajstić information content (AvgIpc) is 2.26. The molecule has 0 heterocycles. The molecule has 0 N–H and O–H groups in total. The van der Waals surface area contributed by atoms with E-state index in [-0.39, 0.29) is 6.42 Å². The second-order valence-electron chi connectivity index (χ2n) is 3.09. The minimum Gasteiger partial charge on any atom is -0.206 e. The summed E-state index contributed by atoms with van der Waals surface area (Å²) >= 11 is 7.11. The van der Waals surface area contributed by atoms with Crippen molar-refractivity contribution in [1.29, 1.82) is 0 Å². The third kappa shape index (κ3) is 4.94. The van der Waals surface area contributed by atoms with Crippen LogP contribution in [0, 0.1) is 0 Å². The Balaban J connectivity index is 2.26. The maximum atomic E-state index is 12.4. The maximum absolute atomic E-state index is 12.4. The van der Waals surface area contributed by atoms with E-state index in [0.717, 1.165) is 5.56 Å². The van der Waals surface area contributed by atoms with Gasteiger partial charge < -0.3 is 0 Å². The molecule has 0 radical (unpaired) electrons. The summed E-state index contributed by atoms with van der Waals surface area (Å²) in [7, 11) is 0. The van der Waals surface area contributed by atoms with Gasteiger partial charge in [-0.15, -0.1) is 0 Å². The van der Waals surface area contributed by atoms with Gasteiger partial charge in [0.25, 0.3) is 0 Å². The molecule has 1 aromatic carbocycles. The lowest BCUT2D eigenvalue weighted by molar-refractivity contribution is 0.373. The number of allylic oxidation sites excluding steroid dienone is 1. The first-order chi connectivity index (χ1) is 7.59. The monoisotopic (exact) mass is 266 g/mol. The van der Waals surface area contributed by atoms with E-state index in [1.54, 1.807) is 12.1 Å². The van der Waals surface area contributed by atoms with Gasteiger partial charge in [0.2, 0.25) is 0 Å². The molecule has 0 saturated carbocycles. The molecule has 16 heavy (non-hydrogen) atoms. The van der Waals surface area contributed by atoms with Gasteiger partial charge in [0.15, 0.2) is 5.83 Å². The smallest absolute Gasteiger partial charge is 0.206 e. The first-order valence-corrected chi connectivity index (χ1v) is 6.14. The predicted molar refractivity (Wildman–Crippen MR) is 62.6 cm³/mol. The summed E-state index contributed by atoms with van der Waals surface area (Å²) in [5, 5.41) is 0.655. The van der Waals surface area contributed by atoms with Gasteiger partial charge in [0.05, 0.1) is 0 Å². The summed E-state index contributed by atoms with van der Waals surface area (Å²) in [5.41, 5.74) is 1.04. The van der Waals surface area contributed by atoms with Crippen LogP contribution in [-0.2, 0) is 5.75 Å². The van der Waals surface area contributed by atoms with Crippen molar-refractivity contribution < 1.29 is 13.2 Å². The fourth-order valence-electron chi connectivity index (χ4n) is 1.03. The van der Waals surface area contributed by atoms with E-state index >= 15 is 0 Å². The van der Waals surface area contributed by atoms with Gasteiger partial charge in [-0.05, 0) is 17.7 Å². The van der Waals surface area contributed by atoms with Crippen LogP contribution in [0.2, 0.25) is 5.02 Å². The van der Waals surface area contributed by atoms with Gasteiger partial charge in [-0.3, -0.25) is 0 Å². The fraction of sp³-hybridized carbons (Fsp3) is 0.273. The summed E-state index contributed by atoms with van der Waals surface area (Å²) in [6, 6.07) is 7.24. The molecule has 0 unspecified atom stereocenters. The molecule has 1 aromatic rings. The molecular weight excluding hydrogens is 257 g/mol. The van der Waals surface area contributed by atoms with Gasteiger partial charge in [0.1, 0.15) is 0 Å². The summed E-state index contributed by atoms with van der Waals surface area (Å²) in [6.07, 6.45) is -2.44. The third-order valence-electron chi connectivity index (χ3n) is 1.85. The highest BCUT2D eigenvalue weighted by Gasteiger charge is 2.04. The Kier molecular flexibility index (Phi) is 5.77. The fourth-order valence-corrected chi connectivity index (χ4v) is 2.05. The minimum atomic E-state index is -2.22. The molecule has 0 amide bonds. The van der Waals surface area contributed by atoms with Crippen molar-refractivity contribution in [3.63, 3.8) is 0 Å². The Labute approximate surface area is 101 Å². The van der Waals surface area contributed by atoms with Crippen LogP contribution in [0.1, 0.15) is 12.0 Å². The molecule has 0 atom stereocenters. The van der Waals surface area contributed by atoms with Crippen molar-refractivity contribution in [3.8, 4) is 0 Å². The number of halogens is 4. The van der Waals surface area contributed by atoms with E-state index < -0.39 is 11.9 Å². The lowest BCUT2D eigenvalue weighted by Crippen LogP contribution is -1.85. The normalized spacial score (nSPS) is 10.2. The number of hydrogen-bond donors (Lipinski definition) is 0. The lowest BCUT2D eigenvalue weighted by Gasteiger charge is -2.01. The first kappa shape index (κ1) is 13.5. The van der Waals surface area contributed by atoms with Crippen LogP contribution >= 0.6 is 23.4 Å². The maximum Gasteiger partial charge on any atom is 0.301 e. The van der Waals surface area contributed by atoms with Crippen molar-refractivity contribution in [1.82, 2.24) is 0 Å². The summed E-state index contributed by atoms with van der Waals surface area (Å²) in [5.74, 6) is -0.312. The molecule has 0 aliphatic heterocycles. The summed E-state index contributed by atoms with van der Waals surface area (Å²) < 4.78 is 35.8. The minimum absolute atomic E-state index is 0.222. The van der Waals surface area contributed by atoms with Crippen LogP contribution in [0.3, 0.4) is 0 Å². The van der Waals surface area contributed by atoms with Crippen molar-refractivity contribution in [2.24, 2.45) is 0 Å². The quantitative estimate of drug-likeness (QED) is 0.673. The molecular formula is C11H10ClF3S. The Morgan fingerprint density at radius 3 is 2.31 bits per heavy atom. The molecule has 0 saturated heterocycles. The van der Waals surface area contributed by atoms with Crippen LogP contribution in [0.15, 0.2) is 36.2 Å². The van der Waals surface area contributed by atoms with Gasteiger partial charge >= 0.3 is 6.08 Å². The Morgan fingerprint density at radius 2 is 1.75 bits per heavy atom. The second kappa shape index (κ2) is 6.86. The van der Waals surface area contributed by atoms with Gasteiger partial charge in [-0.1, -0.05) is 23.7 Å². The average molecular weight is 267 g/mol. The third-order valence-corrected chi connectivity index (χ3v) is 3.14. The van der Waals surface area contributed by atoms with Crippen LogP contribution in [0.5, 0.6) is 0 Å². The number of benzene rings is 1. The lowest BCUT2D eigenvalue weighted by atomic mass is 10.2. The molecule has 0 bridgehead atoms. The molecule has 1 rings (SSSR count). The van der Waals surface area contributed by atoms with E-state index in [2.05, 4.69) is 0 Å². The van der Waals surface area contributed by atoms with E-state index in [4.69, 9.17) is 11.6 Å². The molecule has 0 aliphatic rings. The zero-order valence-electron chi connectivity index (χ0n) is 8.35. The van der Waals surface area contributed by atoms with E-state index in [1.807, 2.05) is 12.1 Å². The highest BCUT2D eigenvalue weighted by molar-refractivity contribution is 7.98. The van der Waals surface area contributed by atoms with E-state index in [0.29, 0.717) is 16.5 Å². The number of rotatable bonds is 5. The summed E-state index contributed by atoms with van der Waals surface area (Å²) in [6.45, 7) is 0. The van der Waals surface area contributed by atoms with Gasteiger partial charge in [0, 0.05) is 22.9 Å². The van der Waals surface area contributed by atoms with Gasteiger partial charge in [-0.25, -0.2) is 4.39 Å². The highest BCUT2D eigenvalue weighted by Crippen LogP contribution is 2.20. The molecule has 5 heteroatoms. The molecule has 0 aromatic heterocycles. The van der Waals surface area contributed by atoms with E-state index in [1.165, 1.54) is 11.8 Å². The van der Waals surface area contributed by atoms with E-state index in [9.17, 15) is 13.2 Å². The van der Waals surface area contributed by atoms with Crippen molar-refractivity contribution in [3.05, 3.63) is 46.8 Å².